The average molecular weight is 318 g/mol. The van der Waals surface area contributed by atoms with Gasteiger partial charge in [-0.1, -0.05) is 11.6 Å². The Morgan fingerprint density at radius 1 is 1.37 bits per heavy atom. The Kier molecular flexibility index (Phi) is 4.41. The van der Waals surface area contributed by atoms with Gasteiger partial charge in [0.25, 0.3) is 10.0 Å². The first-order chi connectivity index (χ1) is 9.03. The second kappa shape index (κ2) is 5.87. The zero-order chi connectivity index (χ0) is 13.9. The number of hydrogen-bond acceptors (Lipinski definition) is 5. The second-order valence-electron chi connectivity index (χ2n) is 3.70. The molecule has 0 saturated heterocycles. The lowest BCUT2D eigenvalue weighted by Crippen LogP contribution is -2.12. The van der Waals surface area contributed by atoms with Gasteiger partial charge in [-0.05, 0) is 37.2 Å². The van der Waals surface area contributed by atoms with E-state index >= 15 is 0 Å². The Hall–Kier alpha value is -1.15. The quantitative estimate of drug-likeness (QED) is 0.884. The smallest absolute Gasteiger partial charge is 0.272 e. The number of anilines is 1. The summed E-state index contributed by atoms with van der Waals surface area (Å²) in [6.07, 6.45) is 2.13. The standard InChI is InChI=1S/C11H12ClN3O2S2/c12-9-2-1-7-14-11(9)15-19(16,17)10-4-3-8(18-10)5-6-13/h1-4,7H,5-6,13H2,(H,14,15). The maximum Gasteiger partial charge on any atom is 0.272 e. The average Bonchev–Trinajstić information content (AvgIpc) is 2.82. The van der Waals surface area contributed by atoms with Crippen molar-refractivity contribution >= 4 is 38.8 Å². The van der Waals surface area contributed by atoms with Crippen molar-refractivity contribution in [3.8, 4) is 0 Å². The van der Waals surface area contributed by atoms with E-state index in [1.807, 2.05) is 0 Å². The molecule has 19 heavy (non-hydrogen) atoms. The predicted octanol–water partition coefficient (Wildman–Crippen LogP) is 2.10. The summed E-state index contributed by atoms with van der Waals surface area (Å²) in [6.45, 7) is 0.486. The minimum absolute atomic E-state index is 0.123. The predicted molar refractivity (Wildman–Crippen MR) is 77.1 cm³/mol. The van der Waals surface area contributed by atoms with Gasteiger partial charge in [-0.3, -0.25) is 4.72 Å². The van der Waals surface area contributed by atoms with Crippen molar-refractivity contribution in [2.24, 2.45) is 5.73 Å². The summed E-state index contributed by atoms with van der Waals surface area (Å²) >= 11 is 7.06. The van der Waals surface area contributed by atoms with Crippen LogP contribution in [0.15, 0.2) is 34.7 Å². The SMILES string of the molecule is NCCc1ccc(S(=O)(=O)Nc2ncccc2Cl)s1. The molecule has 2 rings (SSSR count). The summed E-state index contributed by atoms with van der Waals surface area (Å²) < 4.78 is 26.9. The van der Waals surface area contributed by atoms with Crippen molar-refractivity contribution in [1.82, 2.24) is 4.98 Å². The van der Waals surface area contributed by atoms with Crippen LogP contribution in [0.1, 0.15) is 4.88 Å². The molecule has 0 bridgehead atoms. The number of aromatic nitrogens is 1. The van der Waals surface area contributed by atoms with Crippen molar-refractivity contribution in [2.75, 3.05) is 11.3 Å². The summed E-state index contributed by atoms with van der Waals surface area (Å²) in [5.41, 5.74) is 5.44. The van der Waals surface area contributed by atoms with Crippen LogP contribution in [0, 0.1) is 0 Å². The lowest BCUT2D eigenvalue weighted by molar-refractivity contribution is 0.603. The number of nitrogens with one attached hydrogen (secondary N) is 1. The molecule has 5 nitrogen and oxygen atoms in total. The number of nitrogens with two attached hydrogens (primary N) is 1. The van der Waals surface area contributed by atoms with Crippen LogP contribution in [0.3, 0.4) is 0 Å². The summed E-state index contributed by atoms with van der Waals surface area (Å²) in [6, 6.07) is 6.51. The van der Waals surface area contributed by atoms with Crippen LogP contribution in [0.4, 0.5) is 5.82 Å². The third kappa shape index (κ3) is 3.44. The molecule has 0 aliphatic carbocycles. The Morgan fingerprint density at radius 2 is 2.16 bits per heavy atom. The number of rotatable bonds is 5. The maximum atomic E-state index is 12.1. The molecule has 102 valence electrons. The Morgan fingerprint density at radius 3 is 2.84 bits per heavy atom. The van der Waals surface area contributed by atoms with Gasteiger partial charge in [0.15, 0.2) is 5.82 Å². The first kappa shape index (κ1) is 14.3. The minimum Gasteiger partial charge on any atom is -0.330 e. The fourth-order valence-corrected chi connectivity index (χ4v) is 4.04. The highest BCUT2D eigenvalue weighted by atomic mass is 35.5. The molecule has 3 N–H and O–H groups in total. The van der Waals surface area contributed by atoms with E-state index in [0.29, 0.717) is 13.0 Å². The number of nitrogens with zero attached hydrogens (tertiary/aromatic N) is 1. The molecule has 2 aromatic rings. The van der Waals surface area contributed by atoms with Crippen LogP contribution in [0.5, 0.6) is 0 Å². The zero-order valence-corrected chi connectivity index (χ0v) is 12.2. The van der Waals surface area contributed by atoms with Crippen LogP contribution >= 0.6 is 22.9 Å². The largest absolute Gasteiger partial charge is 0.330 e. The fraction of sp³-hybridized carbons (Fsp3) is 0.182. The van der Waals surface area contributed by atoms with Gasteiger partial charge in [-0.15, -0.1) is 11.3 Å². The van der Waals surface area contributed by atoms with E-state index in [2.05, 4.69) is 9.71 Å². The molecule has 0 radical (unpaired) electrons. The van der Waals surface area contributed by atoms with Gasteiger partial charge in [-0.25, -0.2) is 13.4 Å². The molecule has 0 aromatic carbocycles. The molecule has 8 heteroatoms. The molecule has 0 atom stereocenters. The monoisotopic (exact) mass is 317 g/mol. The fourth-order valence-electron chi connectivity index (χ4n) is 1.42. The molecule has 0 amide bonds. The molecule has 2 heterocycles. The molecule has 2 aromatic heterocycles. The number of thiophene rings is 1. The van der Waals surface area contributed by atoms with Crippen molar-refractivity contribution in [3.05, 3.63) is 40.4 Å². The lowest BCUT2D eigenvalue weighted by atomic mass is 10.3. The summed E-state index contributed by atoms with van der Waals surface area (Å²) in [5.74, 6) is 0.123. The summed E-state index contributed by atoms with van der Waals surface area (Å²) in [7, 11) is -3.65. The van der Waals surface area contributed by atoms with E-state index in [1.54, 1.807) is 24.3 Å². The minimum atomic E-state index is -3.65. The second-order valence-corrected chi connectivity index (χ2v) is 7.18. The molecule has 0 aliphatic rings. The van der Waals surface area contributed by atoms with Gasteiger partial charge in [-0.2, -0.15) is 0 Å². The molecular formula is C11H12ClN3O2S2. The van der Waals surface area contributed by atoms with Gasteiger partial charge in [0, 0.05) is 11.1 Å². The van der Waals surface area contributed by atoms with Crippen molar-refractivity contribution < 1.29 is 8.42 Å². The van der Waals surface area contributed by atoms with Crippen LogP contribution in [-0.4, -0.2) is 19.9 Å². The van der Waals surface area contributed by atoms with Crippen LogP contribution < -0.4 is 10.5 Å². The summed E-state index contributed by atoms with van der Waals surface area (Å²) in [5, 5.41) is 0.254. The van der Waals surface area contributed by atoms with Crippen molar-refractivity contribution in [1.29, 1.82) is 0 Å². The highest BCUT2D eigenvalue weighted by molar-refractivity contribution is 7.94. The van der Waals surface area contributed by atoms with E-state index < -0.39 is 10.0 Å². The molecule has 0 unspecified atom stereocenters. The number of sulfonamides is 1. The van der Waals surface area contributed by atoms with E-state index in [9.17, 15) is 8.42 Å². The van der Waals surface area contributed by atoms with Crippen LogP contribution in [0.2, 0.25) is 5.02 Å². The van der Waals surface area contributed by atoms with Gasteiger partial charge in [0.2, 0.25) is 0 Å². The van der Waals surface area contributed by atoms with E-state index in [1.165, 1.54) is 17.5 Å². The van der Waals surface area contributed by atoms with E-state index in [-0.39, 0.29) is 15.0 Å². The number of pyridine rings is 1. The van der Waals surface area contributed by atoms with Crippen LogP contribution in [-0.2, 0) is 16.4 Å². The van der Waals surface area contributed by atoms with Crippen LogP contribution in [0.25, 0.3) is 0 Å². The number of hydrogen-bond donors (Lipinski definition) is 2. The summed E-state index contributed by atoms with van der Waals surface area (Å²) in [4.78, 5) is 4.82. The third-order valence-electron chi connectivity index (χ3n) is 2.28. The zero-order valence-electron chi connectivity index (χ0n) is 9.84. The highest BCUT2D eigenvalue weighted by Gasteiger charge is 2.18. The lowest BCUT2D eigenvalue weighted by Gasteiger charge is -2.06. The number of halogens is 1. The van der Waals surface area contributed by atoms with Crippen molar-refractivity contribution in [3.63, 3.8) is 0 Å². The van der Waals surface area contributed by atoms with Gasteiger partial charge in [0.05, 0.1) is 5.02 Å². The van der Waals surface area contributed by atoms with Gasteiger partial charge >= 0.3 is 0 Å². The molecular weight excluding hydrogens is 306 g/mol. The highest BCUT2D eigenvalue weighted by Crippen LogP contribution is 2.26. The Bertz CT molecular complexity index is 670. The first-order valence-electron chi connectivity index (χ1n) is 5.45. The molecule has 0 fully saturated rings. The molecule has 0 spiro atoms. The Labute approximate surface area is 120 Å². The topological polar surface area (TPSA) is 85.1 Å². The molecule has 0 saturated carbocycles. The van der Waals surface area contributed by atoms with Gasteiger partial charge in [0.1, 0.15) is 4.21 Å². The normalized spacial score (nSPS) is 11.5. The third-order valence-corrected chi connectivity index (χ3v) is 5.56. The van der Waals surface area contributed by atoms with E-state index in [0.717, 1.165) is 4.88 Å². The maximum absolute atomic E-state index is 12.1. The molecule has 0 aliphatic heterocycles. The Balaban J connectivity index is 2.25. The van der Waals surface area contributed by atoms with E-state index in [4.69, 9.17) is 17.3 Å². The first-order valence-corrected chi connectivity index (χ1v) is 8.13. The van der Waals surface area contributed by atoms with Gasteiger partial charge < -0.3 is 5.73 Å². The van der Waals surface area contributed by atoms with Crippen molar-refractivity contribution in [2.45, 2.75) is 10.6 Å².